The van der Waals surface area contributed by atoms with Crippen LogP contribution in [0.4, 0.5) is 0 Å². The highest BCUT2D eigenvalue weighted by Gasteiger charge is 2.17. The minimum atomic E-state index is -0.169. The molecule has 15 heavy (non-hydrogen) atoms. The van der Waals surface area contributed by atoms with Crippen LogP contribution in [0.1, 0.15) is 16.6 Å². The van der Waals surface area contributed by atoms with Gasteiger partial charge in [0, 0.05) is 13.6 Å². The average molecular weight is 243 g/mol. The maximum absolute atomic E-state index is 11.8. The number of carbonyl (C=O) groups excluding carboxylic acids is 1. The number of nitriles is 1. The number of carbonyl (C=O) groups is 1. The third kappa shape index (κ3) is 2.95. The van der Waals surface area contributed by atoms with E-state index in [-0.39, 0.29) is 11.8 Å². The number of hydrogen-bond donors (Lipinski definition) is 0. The highest BCUT2D eigenvalue weighted by atomic mass is 35.5. The summed E-state index contributed by atoms with van der Waals surface area (Å²) in [7, 11) is 1.67. The van der Waals surface area contributed by atoms with Crippen LogP contribution >= 0.6 is 22.9 Å². The van der Waals surface area contributed by atoms with E-state index in [1.54, 1.807) is 25.4 Å². The number of nitrogens with zero attached hydrogens (tertiary/aromatic N) is 2. The minimum absolute atomic E-state index is 0.128. The lowest BCUT2D eigenvalue weighted by Gasteiger charge is -2.17. The van der Waals surface area contributed by atoms with Crippen molar-refractivity contribution in [3.63, 3.8) is 0 Å². The van der Waals surface area contributed by atoms with Crippen LogP contribution in [-0.4, -0.2) is 24.4 Å². The van der Waals surface area contributed by atoms with E-state index in [4.69, 9.17) is 16.9 Å². The molecule has 0 aliphatic rings. The Hall–Kier alpha value is -1.05. The fourth-order valence-electron chi connectivity index (χ4n) is 1.15. The molecule has 0 aromatic carbocycles. The molecule has 0 aliphatic carbocycles. The number of thiophene rings is 1. The molecule has 0 fully saturated rings. The number of amides is 1. The summed E-state index contributed by atoms with van der Waals surface area (Å²) in [5, 5.41) is 10.9. The molecule has 3 nitrogen and oxygen atoms in total. The van der Waals surface area contributed by atoms with E-state index in [1.807, 2.05) is 0 Å². The molecule has 0 bridgehead atoms. The van der Waals surface area contributed by atoms with E-state index in [0.29, 0.717) is 16.4 Å². The summed E-state index contributed by atoms with van der Waals surface area (Å²) < 4.78 is 0. The first-order valence-electron chi connectivity index (χ1n) is 4.44. The SMILES string of the molecule is CC(C#N)CN(C)C(=O)c1sccc1Cl. The van der Waals surface area contributed by atoms with Crippen molar-refractivity contribution < 1.29 is 4.79 Å². The normalized spacial score (nSPS) is 11.9. The highest BCUT2D eigenvalue weighted by Crippen LogP contribution is 2.23. The Labute approximate surface area is 97.9 Å². The second-order valence-electron chi connectivity index (χ2n) is 3.31. The molecular formula is C10H11ClN2OS. The van der Waals surface area contributed by atoms with Crippen molar-refractivity contribution in [3.8, 4) is 6.07 Å². The minimum Gasteiger partial charge on any atom is -0.340 e. The van der Waals surface area contributed by atoms with Crippen LogP contribution in [0.2, 0.25) is 5.02 Å². The predicted octanol–water partition coefficient (Wildman–Crippen LogP) is 2.63. The van der Waals surface area contributed by atoms with Crippen LogP contribution in [0.25, 0.3) is 0 Å². The predicted molar refractivity (Wildman–Crippen MR) is 61.1 cm³/mol. The molecule has 0 saturated heterocycles. The molecule has 0 N–H and O–H groups in total. The second-order valence-corrected chi connectivity index (χ2v) is 4.64. The molecule has 1 rings (SSSR count). The van der Waals surface area contributed by atoms with Gasteiger partial charge < -0.3 is 4.90 Å². The van der Waals surface area contributed by atoms with Crippen molar-refractivity contribution in [3.05, 3.63) is 21.3 Å². The Kier molecular flexibility index (Phi) is 4.13. The van der Waals surface area contributed by atoms with Gasteiger partial charge in [-0.3, -0.25) is 4.79 Å². The zero-order valence-corrected chi connectivity index (χ0v) is 10.1. The summed E-state index contributed by atoms with van der Waals surface area (Å²) in [4.78, 5) is 13.9. The standard InChI is InChI=1S/C10H11ClN2OS/c1-7(5-12)6-13(2)10(14)9-8(11)3-4-15-9/h3-4,7H,6H2,1-2H3. The third-order valence-electron chi connectivity index (χ3n) is 1.93. The summed E-state index contributed by atoms with van der Waals surface area (Å²) in [5.74, 6) is -0.296. The van der Waals surface area contributed by atoms with E-state index in [9.17, 15) is 4.79 Å². The molecule has 1 aromatic heterocycles. The second kappa shape index (κ2) is 5.15. The first-order valence-corrected chi connectivity index (χ1v) is 5.70. The summed E-state index contributed by atoms with van der Waals surface area (Å²) in [6.45, 7) is 2.20. The molecule has 5 heteroatoms. The van der Waals surface area contributed by atoms with Crippen molar-refractivity contribution in [1.29, 1.82) is 5.26 Å². The van der Waals surface area contributed by atoms with Crippen LogP contribution < -0.4 is 0 Å². The Bertz CT molecular complexity index is 396. The maximum atomic E-state index is 11.8. The monoisotopic (exact) mass is 242 g/mol. The molecule has 0 radical (unpaired) electrons. The summed E-state index contributed by atoms with van der Waals surface area (Å²) in [6.07, 6.45) is 0. The van der Waals surface area contributed by atoms with Crippen molar-refractivity contribution in [2.45, 2.75) is 6.92 Å². The van der Waals surface area contributed by atoms with Crippen LogP contribution in [0.5, 0.6) is 0 Å². The molecule has 1 heterocycles. The van der Waals surface area contributed by atoms with Gasteiger partial charge in [0.2, 0.25) is 0 Å². The van der Waals surface area contributed by atoms with Crippen LogP contribution in [0.3, 0.4) is 0 Å². The van der Waals surface area contributed by atoms with E-state index in [1.165, 1.54) is 16.2 Å². The van der Waals surface area contributed by atoms with Gasteiger partial charge in [0.1, 0.15) is 4.88 Å². The van der Waals surface area contributed by atoms with E-state index < -0.39 is 0 Å². The van der Waals surface area contributed by atoms with Crippen molar-refractivity contribution in [2.24, 2.45) is 5.92 Å². The fraction of sp³-hybridized carbons (Fsp3) is 0.400. The molecule has 1 aromatic rings. The third-order valence-corrected chi connectivity index (χ3v) is 3.26. The quantitative estimate of drug-likeness (QED) is 0.818. The first-order chi connectivity index (χ1) is 7.06. The molecule has 1 atom stereocenters. The van der Waals surface area contributed by atoms with E-state index in [0.717, 1.165) is 0 Å². The lowest BCUT2D eigenvalue weighted by atomic mass is 10.2. The maximum Gasteiger partial charge on any atom is 0.265 e. The zero-order chi connectivity index (χ0) is 11.4. The van der Waals surface area contributed by atoms with Gasteiger partial charge in [0.05, 0.1) is 17.0 Å². The molecule has 1 unspecified atom stereocenters. The molecule has 0 aliphatic heterocycles. The molecule has 1 amide bonds. The average Bonchev–Trinajstić information content (AvgIpc) is 2.63. The fourth-order valence-corrected chi connectivity index (χ4v) is 2.28. The molecule has 0 saturated carbocycles. The van der Waals surface area contributed by atoms with Crippen LogP contribution in [-0.2, 0) is 0 Å². The Morgan fingerprint density at radius 1 is 1.80 bits per heavy atom. The molecular weight excluding hydrogens is 232 g/mol. The Morgan fingerprint density at radius 2 is 2.47 bits per heavy atom. The highest BCUT2D eigenvalue weighted by molar-refractivity contribution is 7.12. The number of rotatable bonds is 3. The number of halogens is 1. The number of hydrogen-bond acceptors (Lipinski definition) is 3. The lowest BCUT2D eigenvalue weighted by Crippen LogP contribution is -2.30. The summed E-state index contributed by atoms with van der Waals surface area (Å²) in [5.41, 5.74) is 0. The summed E-state index contributed by atoms with van der Waals surface area (Å²) in [6, 6.07) is 3.78. The van der Waals surface area contributed by atoms with Gasteiger partial charge in [0.15, 0.2) is 0 Å². The lowest BCUT2D eigenvalue weighted by molar-refractivity contribution is 0.0790. The van der Waals surface area contributed by atoms with Gasteiger partial charge in [-0.05, 0) is 18.4 Å². The smallest absolute Gasteiger partial charge is 0.265 e. The zero-order valence-electron chi connectivity index (χ0n) is 8.53. The van der Waals surface area contributed by atoms with Crippen molar-refractivity contribution in [1.82, 2.24) is 4.90 Å². The Morgan fingerprint density at radius 3 is 2.93 bits per heavy atom. The van der Waals surface area contributed by atoms with Gasteiger partial charge >= 0.3 is 0 Å². The van der Waals surface area contributed by atoms with Crippen LogP contribution in [0, 0.1) is 17.2 Å². The van der Waals surface area contributed by atoms with Gasteiger partial charge in [-0.2, -0.15) is 5.26 Å². The van der Waals surface area contributed by atoms with Crippen LogP contribution in [0.15, 0.2) is 11.4 Å². The van der Waals surface area contributed by atoms with Gasteiger partial charge in [0.25, 0.3) is 5.91 Å². The van der Waals surface area contributed by atoms with Gasteiger partial charge in [-0.1, -0.05) is 11.6 Å². The van der Waals surface area contributed by atoms with Crippen molar-refractivity contribution >= 4 is 28.8 Å². The largest absolute Gasteiger partial charge is 0.340 e. The topological polar surface area (TPSA) is 44.1 Å². The van der Waals surface area contributed by atoms with Crippen molar-refractivity contribution in [2.75, 3.05) is 13.6 Å². The molecule has 0 spiro atoms. The summed E-state index contributed by atoms with van der Waals surface area (Å²) >= 11 is 7.16. The first kappa shape index (κ1) is 12.0. The molecule has 80 valence electrons. The Balaban J connectivity index is 2.70. The van der Waals surface area contributed by atoms with E-state index in [2.05, 4.69) is 6.07 Å². The van der Waals surface area contributed by atoms with E-state index >= 15 is 0 Å². The van der Waals surface area contributed by atoms with Gasteiger partial charge in [-0.15, -0.1) is 11.3 Å². The van der Waals surface area contributed by atoms with Gasteiger partial charge in [-0.25, -0.2) is 0 Å².